The quantitative estimate of drug-likeness (QED) is 0.104. The Kier molecular flexibility index (Phi) is 7.48. The first-order valence-corrected chi connectivity index (χ1v) is 15.4. The second-order valence-corrected chi connectivity index (χ2v) is 12.7. The average Bonchev–Trinajstić information content (AvgIpc) is 3.25. The van der Waals surface area contributed by atoms with E-state index in [9.17, 15) is 14.9 Å². The number of thiazole rings is 1. The number of fused-ring (bicyclic) bond motifs is 3. The Labute approximate surface area is 260 Å². The first-order valence-electron chi connectivity index (χ1n) is 12.5. The zero-order chi connectivity index (χ0) is 28.0. The van der Waals surface area contributed by atoms with Crippen molar-refractivity contribution in [3.63, 3.8) is 0 Å². The first-order chi connectivity index (χ1) is 19.4. The number of non-ortho nitro benzene ring substituents is 1. The van der Waals surface area contributed by atoms with E-state index in [1.807, 2.05) is 36.4 Å². The van der Waals surface area contributed by atoms with Crippen LogP contribution >= 0.6 is 56.5 Å². The summed E-state index contributed by atoms with van der Waals surface area (Å²) in [6.07, 6.45) is 5.12. The van der Waals surface area contributed by atoms with Gasteiger partial charge in [-0.15, -0.1) is 0 Å². The largest absolute Gasteiger partial charge is 0.487 e. The summed E-state index contributed by atoms with van der Waals surface area (Å²) in [6, 6.07) is 18.3. The minimum Gasteiger partial charge on any atom is -0.487 e. The summed E-state index contributed by atoms with van der Waals surface area (Å²) in [5.74, 6) is 0.789. The number of benzene rings is 3. The van der Waals surface area contributed by atoms with E-state index >= 15 is 0 Å². The van der Waals surface area contributed by atoms with Crippen LogP contribution in [0.4, 0.5) is 5.69 Å². The Morgan fingerprint density at radius 3 is 2.65 bits per heavy atom. The van der Waals surface area contributed by atoms with Gasteiger partial charge in [0.2, 0.25) is 0 Å². The fraction of sp³-hybridized carbons (Fsp3) is 0.133. The first kappa shape index (κ1) is 27.1. The van der Waals surface area contributed by atoms with Crippen molar-refractivity contribution >= 4 is 74.0 Å². The normalized spacial score (nSPS) is 16.1. The summed E-state index contributed by atoms with van der Waals surface area (Å²) >= 11 is 5.81. The van der Waals surface area contributed by atoms with Gasteiger partial charge in [0, 0.05) is 17.7 Å². The van der Waals surface area contributed by atoms with Gasteiger partial charge in [-0.2, -0.15) is 0 Å². The minimum atomic E-state index is -0.475. The van der Waals surface area contributed by atoms with Crippen molar-refractivity contribution in [2.24, 2.45) is 4.99 Å². The van der Waals surface area contributed by atoms with Crippen LogP contribution in [0.25, 0.3) is 11.8 Å². The van der Waals surface area contributed by atoms with E-state index in [-0.39, 0.29) is 11.2 Å². The molecule has 7 nitrogen and oxygen atoms in total. The molecule has 3 aromatic carbocycles. The van der Waals surface area contributed by atoms with Crippen molar-refractivity contribution in [1.29, 1.82) is 0 Å². The third kappa shape index (κ3) is 4.85. The van der Waals surface area contributed by atoms with E-state index in [1.54, 1.807) is 22.8 Å². The molecule has 2 aliphatic rings. The molecular formula is C30H21I2N3O4S. The van der Waals surface area contributed by atoms with Crippen molar-refractivity contribution < 1.29 is 9.66 Å². The van der Waals surface area contributed by atoms with Crippen molar-refractivity contribution in [2.45, 2.75) is 18.9 Å². The van der Waals surface area contributed by atoms with Crippen LogP contribution < -0.4 is 19.6 Å². The highest BCUT2D eigenvalue weighted by atomic mass is 127. The molecule has 40 heavy (non-hydrogen) atoms. The molecule has 1 atom stereocenters. The van der Waals surface area contributed by atoms with Crippen molar-refractivity contribution in [2.75, 3.05) is 6.61 Å². The van der Waals surface area contributed by atoms with Crippen LogP contribution in [0, 0.1) is 17.3 Å². The van der Waals surface area contributed by atoms with Gasteiger partial charge in [0.25, 0.3) is 11.2 Å². The molecule has 2 heterocycles. The fourth-order valence-electron chi connectivity index (χ4n) is 5.23. The summed E-state index contributed by atoms with van der Waals surface area (Å²) in [7, 11) is 0. The molecule has 6 rings (SSSR count). The van der Waals surface area contributed by atoms with Gasteiger partial charge in [-0.3, -0.25) is 19.5 Å². The van der Waals surface area contributed by atoms with Gasteiger partial charge < -0.3 is 4.74 Å². The van der Waals surface area contributed by atoms with E-state index in [0.29, 0.717) is 27.9 Å². The average molecular weight is 773 g/mol. The number of nitrogens with zero attached hydrogens (tertiary/aromatic N) is 3. The smallest absolute Gasteiger partial charge is 0.271 e. The Morgan fingerprint density at radius 2 is 1.90 bits per heavy atom. The lowest BCUT2D eigenvalue weighted by Gasteiger charge is -2.30. The summed E-state index contributed by atoms with van der Waals surface area (Å²) < 4.78 is 9.94. The number of nitro benzene ring substituents is 1. The fourth-order valence-corrected chi connectivity index (χ4v) is 8.35. The summed E-state index contributed by atoms with van der Waals surface area (Å²) in [6.45, 7) is 4.13. The van der Waals surface area contributed by atoms with Crippen LogP contribution in [-0.2, 0) is 6.42 Å². The zero-order valence-corrected chi connectivity index (χ0v) is 26.1. The summed E-state index contributed by atoms with van der Waals surface area (Å²) in [5.41, 5.74) is 5.55. The molecule has 1 aliphatic heterocycles. The predicted octanol–water partition coefficient (Wildman–Crippen LogP) is 6.00. The molecule has 0 spiro atoms. The molecule has 10 heteroatoms. The number of allylic oxidation sites excluding steroid dienone is 1. The van der Waals surface area contributed by atoms with Gasteiger partial charge in [-0.25, -0.2) is 4.99 Å². The van der Waals surface area contributed by atoms with E-state index in [0.717, 1.165) is 41.7 Å². The maximum atomic E-state index is 14.0. The molecule has 0 saturated heterocycles. The van der Waals surface area contributed by atoms with Gasteiger partial charge in [0.1, 0.15) is 12.4 Å². The van der Waals surface area contributed by atoms with Crippen LogP contribution in [-0.4, -0.2) is 16.1 Å². The van der Waals surface area contributed by atoms with Gasteiger partial charge in [0.15, 0.2) is 4.80 Å². The molecule has 0 N–H and O–H groups in total. The molecule has 1 aliphatic carbocycles. The lowest BCUT2D eigenvalue weighted by Crippen LogP contribution is -2.38. The van der Waals surface area contributed by atoms with Crippen LogP contribution in [0.3, 0.4) is 0 Å². The number of hydrogen-bond donors (Lipinski definition) is 0. The van der Waals surface area contributed by atoms with Crippen LogP contribution in [0.5, 0.6) is 5.75 Å². The molecular weight excluding hydrogens is 752 g/mol. The number of nitro groups is 1. The SMILES string of the molecule is C=CCOc1c(I)cc(/C=c2\sc3n(c2=O)[C@@H](c2cccc([N+](=O)[O-])c2)C2=C(N=3)c3ccccc3CC2)cc1I. The highest BCUT2D eigenvalue weighted by Crippen LogP contribution is 2.41. The van der Waals surface area contributed by atoms with Gasteiger partial charge in [-0.1, -0.05) is 60.4 Å². The maximum Gasteiger partial charge on any atom is 0.271 e. The Hall–Kier alpha value is -3.10. The number of ether oxygens (including phenoxy) is 1. The van der Waals surface area contributed by atoms with Crippen molar-refractivity contribution in [3.8, 4) is 5.75 Å². The van der Waals surface area contributed by atoms with Gasteiger partial charge in [0.05, 0.1) is 28.3 Å². The predicted molar refractivity (Wildman–Crippen MR) is 173 cm³/mol. The monoisotopic (exact) mass is 773 g/mol. The van der Waals surface area contributed by atoms with Crippen LogP contribution in [0.1, 0.15) is 34.7 Å². The minimum absolute atomic E-state index is 0.00194. The highest BCUT2D eigenvalue weighted by Gasteiger charge is 2.33. The molecule has 0 amide bonds. The van der Waals surface area contributed by atoms with Crippen molar-refractivity contribution in [3.05, 3.63) is 138 Å². The lowest BCUT2D eigenvalue weighted by atomic mass is 9.83. The molecule has 0 radical (unpaired) electrons. The molecule has 4 aromatic rings. The van der Waals surface area contributed by atoms with Crippen molar-refractivity contribution in [1.82, 2.24) is 4.57 Å². The third-order valence-electron chi connectivity index (χ3n) is 6.93. The third-order valence-corrected chi connectivity index (χ3v) is 9.52. The lowest BCUT2D eigenvalue weighted by molar-refractivity contribution is -0.384. The molecule has 0 unspecified atom stereocenters. The Bertz CT molecular complexity index is 1900. The van der Waals surface area contributed by atoms with Gasteiger partial charge in [-0.05, 0) is 98.5 Å². The molecule has 0 bridgehead atoms. The zero-order valence-electron chi connectivity index (χ0n) is 21.0. The number of rotatable bonds is 6. The second kappa shape index (κ2) is 11.1. The Balaban J connectivity index is 1.56. The molecule has 1 aromatic heterocycles. The summed E-state index contributed by atoms with van der Waals surface area (Å²) in [5, 5.41) is 11.6. The van der Waals surface area contributed by atoms with E-state index < -0.39 is 11.0 Å². The highest BCUT2D eigenvalue weighted by molar-refractivity contribution is 14.1. The van der Waals surface area contributed by atoms with Crippen LogP contribution in [0.15, 0.2) is 88.7 Å². The topological polar surface area (TPSA) is 86.7 Å². The number of aromatic nitrogens is 1. The number of halogens is 2. The molecule has 0 fully saturated rings. The van der Waals surface area contributed by atoms with E-state index in [1.165, 1.54) is 23.0 Å². The van der Waals surface area contributed by atoms with Crippen LogP contribution in [0.2, 0.25) is 0 Å². The molecule has 0 saturated carbocycles. The molecule has 200 valence electrons. The van der Waals surface area contributed by atoms with E-state index in [4.69, 9.17) is 9.73 Å². The number of aryl methyl sites for hydroxylation is 1. The van der Waals surface area contributed by atoms with Gasteiger partial charge >= 0.3 is 0 Å². The standard InChI is InChI=1S/C30H21I2N3O4S/c1-2-12-39-28-23(31)13-17(14-24(28)32)15-25-29(36)34-27(19-7-5-8-20(16-19)35(37)38)22-11-10-18-6-3-4-9-21(18)26(22)33-30(34)40-25/h2-9,13-16,27H,1,10-12H2/b25-15-/t27-/m0/s1. The number of hydrogen-bond acceptors (Lipinski definition) is 6. The summed E-state index contributed by atoms with van der Waals surface area (Å²) in [4.78, 5) is 30.8. The second-order valence-electron chi connectivity index (χ2n) is 9.38. The maximum absolute atomic E-state index is 14.0. The van der Waals surface area contributed by atoms with E-state index in [2.05, 4.69) is 63.9 Å². The Morgan fingerprint density at radius 1 is 1.12 bits per heavy atom.